The third-order valence-electron chi connectivity index (χ3n) is 1.58. The van der Waals surface area contributed by atoms with Gasteiger partial charge in [0.05, 0.1) is 12.0 Å². The maximum atomic E-state index is 9.76. The molecule has 0 saturated heterocycles. The first-order valence-electron chi connectivity index (χ1n) is 4.16. The molecule has 0 fully saturated rings. The standard InChI is InChI=1S/C8H13Cl3O2/c9-7(8(10)11)4-2-1-3-5-13-6-12/h6-8H,1-5H2. The minimum absolute atomic E-state index is 0.185. The van der Waals surface area contributed by atoms with Crippen molar-refractivity contribution in [2.24, 2.45) is 0 Å². The highest BCUT2D eigenvalue weighted by atomic mass is 35.5. The summed E-state index contributed by atoms with van der Waals surface area (Å²) in [5.74, 6) is 0. The van der Waals surface area contributed by atoms with Gasteiger partial charge in [-0.25, -0.2) is 0 Å². The minimum atomic E-state index is -0.507. The Labute approximate surface area is 93.5 Å². The number of alkyl halides is 3. The Morgan fingerprint density at radius 1 is 1.15 bits per heavy atom. The Morgan fingerprint density at radius 2 is 1.85 bits per heavy atom. The number of hydrogen-bond acceptors (Lipinski definition) is 2. The van der Waals surface area contributed by atoms with Gasteiger partial charge in [0.25, 0.3) is 6.47 Å². The van der Waals surface area contributed by atoms with Gasteiger partial charge in [0, 0.05) is 0 Å². The van der Waals surface area contributed by atoms with Gasteiger partial charge in [0.2, 0.25) is 0 Å². The van der Waals surface area contributed by atoms with Gasteiger partial charge in [0.1, 0.15) is 4.84 Å². The molecule has 0 bridgehead atoms. The summed E-state index contributed by atoms with van der Waals surface area (Å²) in [6.07, 6.45) is 3.57. The number of hydrogen-bond donors (Lipinski definition) is 0. The lowest BCUT2D eigenvalue weighted by Gasteiger charge is -2.08. The second-order valence-electron chi connectivity index (χ2n) is 2.67. The number of rotatable bonds is 8. The first kappa shape index (κ1) is 13.3. The van der Waals surface area contributed by atoms with Crippen molar-refractivity contribution < 1.29 is 9.53 Å². The van der Waals surface area contributed by atoms with Gasteiger partial charge >= 0.3 is 0 Å². The van der Waals surface area contributed by atoms with E-state index in [1.165, 1.54) is 0 Å². The first-order valence-corrected chi connectivity index (χ1v) is 5.47. The van der Waals surface area contributed by atoms with Crippen molar-refractivity contribution in [3.8, 4) is 0 Å². The van der Waals surface area contributed by atoms with Crippen molar-refractivity contribution in [3.63, 3.8) is 0 Å². The van der Waals surface area contributed by atoms with Crippen molar-refractivity contribution in [3.05, 3.63) is 0 Å². The predicted octanol–water partition coefficient (Wildman–Crippen LogP) is 3.13. The summed E-state index contributed by atoms with van der Waals surface area (Å²) >= 11 is 16.9. The number of unbranched alkanes of at least 4 members (excludes halogenated alkanes) is 2. The number of carbonyl (C=O) groups is 1. The van der Waals surface area contributed by atoms with Crippen molar-refractivity contribution in [1.82, 2.24) is 0 Å². The smallest absolute Gasteiger partial charge is 0.293 e. The molecule has 0 aliphatic carbocycles. The fraction of sp³-hybridized carbons (Fsp3) is 0.875. The van der Waals surface area contributed by atoms with E-state index in [1.54, 1.807) is 0 Å². The van der Waals surface area contributed by atoms with Crippen LogP contribution in [0.4, 0.5) is 0 Å². The van der Waals surface area contributed by atoms with Crippen LogP contribution < -0.4 is 0 Å². The van der Waals surface area contributed by atoms with Gasteiger partial charge in [-0.05, 0) is 12.8 Å². The van der Waals surface area contributed by atoms with Crippen molar-refractivity contribution in [1.29, 1.82) is 0 Å². The molecule has 0 amide bonds. The summed E-state index contributed by atoms with van der Waals surface area (Å²) in [4.78, 5) is 9.25. The van der Waals surface area contributed by atoms with Gasteiger partial charge < -0.3 is 4.74 Å². The summed E-state index contributed by atoms with van der Waals surface area (Å²) < 4.78 is 4.52. The molecule has 0 aliphatic rings. The van der Waals surface area contributed by atoms with Gasteiger partial charge in [0.15, 0.2) is 0 Å². The Morgan fingerprint density at radius 3 is 2.38 bits per heavy atom. The van der Waals surface area contributed by atoms with E-state index in [2.05, 4.69) is 4.74 Å². The molecule has 0 rings (SSSR count). The zero-order valence-electron chi connectivity index (χ0n) is 7.22. The molecule has 0 aromatic carbocycles. The monoisotopic (exact) mass is 246 g/mol. The molecule has 1 unspecified atom stereocenters. The Hall–Kier alpha value is 0.340. The van der Waals surface area contributed by atoms with Gasteiger partial charge in [-0.2, -0.15) is 0 Å². The summed E-state index contributed by atoms with van der Waals surface area (Å²) in [5.41, 5.74) is 0. The van der Waals surface area contributed by atoms with Crippen LogP contribution >= 0.6 is 34.8 Å². The molecule has 5 heteroatoms. The molecular formula is C8H13Cl3O2. The molecule has 0 spiro atoms. The van der Waals surface area contributed by atoms with Crippen LogP contribution in [0.15, 0.2) is 0 Å². The van der Waals surface area contributed by atoms with E-state index in [-0.39, 0.29) is 5.38 Å². The average Bonchev–Trinajstić information content (AvgIpc) is 2.10. The topological polar surface area (TPSA) is 26.3 Å². The van der Waals surface area contributed by atoms with E-state index in [0.29, 0.717) is 13.1 Å². The van der Waals surface area contributed by atoms with Crippen LogP contribution in [-0.2, 0) is 9.53 Å². The van der Waals surface area contributed by atoms with Crippen LogP contribution in [-0.4, -0.2) is 23.3 Å². The molecule has 0 aliphatic heterocycles. The molecule has 0 aromatic rings. The zero-order chi connectivity index (χ0) is 10.1. The Bertz CT molecular complexity index is 131. The van der Waals surface area contributed by atoms with Crippen molar-refractivity contribution in [2.75, 3.05) is 6.61 Å². The first-order chi connectivity index (χ1) is 6.18. The maximum absolute atomic E-state index is 9.76. The van der Waals surface area contributed by atoms with E-state index in [1.807, 2.05) is 0 Å². The normalized spacial score (nSPS) is 12.9. The summed E-state index contributed by atoms with van der Waals surface area (Å²) in [7, 11) is 0. The Balaban J connectivity index is 3.11. The van der Waals surface area contributed by atoms with E-state index in [9.17, 15) is 4.79 Å². The number of halogens is 3. The number of carbonyl (C=O) groups excluding carboxylic acids is 1. The fourth-order valence-corrected chi connectivity index (χ4v) is 1.28. The van der Waals surface area contributed by atoms with Crippen LogP contribution in [0.2, 0.25) is 0 Å². The minimum Gasteiger partial charge on any atom is -0.468 e. The van der Waals surface area contributed by atoms with E-state index < -0.39 is 4.84 Å². The van der Waals surface area contributed by atoms with E-state index in [4.69, 9.17) is 34.8 Å². The molecule has 0 heterocycles. The van der Waals surface area contributed by atoms with Crippen molar-refractivity contribution in [2.45, 2.75) is 35.9 Å². The average molecular weight is 248 g/mol. The number of ether oxygens (including phenoxy) is 1. The lowest BCUT2D eigenvalue weighted by Crippen LogP contribution is -2.07. The second-order valence-corrected chi connectivity index (χ2v) is 4.39. The SMILES string of the molecule is O=COCCCCCC(Cl)C(Cl)Cl. The van der Waals surface area contributed by atoms with Crippen LogP contribution in [0.5, 0.6) is 0 Å². The molecule has 2 nitrogen and oxygen atoms in total. The second kappa shape index (κ2) is 8.92. The van der Waals surface area contributed by atoms with Crippen LogP contribution in [0.1, 0.15) is 25.7 Å². The van der Waals surface area contributed by atoms with Gasteiger partial charge in [-0.15, -0.1) is 34.8 Å². The summed E-state index contributed by atoms with van der Waals surface area (Å²) in [6.45, 7) is 0.930. The van der Waals surface area contributed by atoms with Gasteiger partial charge in [-0.3, -0.25) is 4.79 Å². The molecule has 0 saturated carbocycles. The van der Waals surface area contributed by atoms with E-state index in [0.717, 1.165) is 25.7 Å². The molecule has 0 N–H and O–H groups in total. The highest BCUT2D eigenvalue weighted by Crippen LogP contribution is 2.19. The maximum Gasteiger partial charge on any atom is 0.293 e. The Kier molecular flexibility index (Phi) is 9.15. The van der Waals surface area contributed by atoms with Crippen LogP contribution in [0, 0.1) is 0 Å². The third-order valence-corrected chi connectivity index (χ3v) is 2.92. The quantitative estimate of drug-likeness (QED) is 0.374. The lowest BCUT2D eigenvalue weighted by atomic mass is 10.1. The fourth-order valence-electron chi connectivity index (χ4n) is 0.876. The van der Waals surface area contributed by atoms with Gasteiger partial charge in [-0.1, -0.05) is 12.8 Å². The summed E-state index contributed by atoms with van der Waals surface area (Å²) in [6, 6.07) is 0. The van der Waals surface area contributed by atoms with Crippen LogP contribution in [0.3, 0.4) is 0 Å². The largest absolute Gasteiger partial charge is 0.468 e. The zero-order valence-corrected chi connectivity index (χ0v) is 9.49. The molecule has 0 aromatic heterocycles. The molecular weight excluding hydrogens is 234 g/mol. The highest BCUT2D eigenvalue weighted by Gasteiger charge is 2.12. The summed E-state index contributed by atoms with van der Waals surface area (Å²) in [5, 5.41) is -0.185. The lowest BCUT2D eigenvalue weighted by molar-refractivity contribution is -0.128. The highest BCUT2D eigenvalue weighted by molar-refractivity contribution is 6.48. The third kappa shape index (κ3) is 8.66. The molecule has 13 heavy (non-hydrogen) atoms. The molecule has 1 atom stereocenters. The predicted molar refractivity (Wildman–Crippen MR) is 55.6 cm³/mol. The van der Waals surface area contributed by atoms with Crippen LogP contribution in [0.25, 0.3) is 0 Å². The van der Waals surface area contributed by atoms with E-state index >= 15 is 0 Å². The molecule has 0 radical (unpaired) electrons. The van der Waals surface area contributed by atoms with Crippen molar-refractivity contribution >= 4 is 41.3 Å². The molecule has 78 valence electrons.